The standard InChI is InChI=1S/C24H26BrCl2N2O2.CH4O3S/c1-2-3-14-31-24(21-9-8-20(26)15-22(21)27)16-29-13-12-28(17-29)11-10-23(30)18-4-6-19(25)7-5-18;1-5(2,3)4/h4-9,12-13,15,17,24H,2-3,10-11,14,16H2,1H3;1H3,(H,2,3,4)/q+1;/p-1. The number of hydrogen-bond donors (Lipinski definition) is 0. The number of halogens is 3. The lowest BCUT2D eigenvalue weighted by atomic mass is 10.1. The van der Waals surface area contributed by atoms with Crippen molar-refractivity contribution in [3.05, 3.63) is 86.8 Å². The normalized spacial score (nSPS) is 12.1. The van der Waals surface area contributed by atoms with Crippen molar-refractivity contribution in [1.82, 2.24) is 4.57 Å². The predicted molar refractivity (Wildman–Crippen MR) is 143 cm³/mol. The summed E-state index contributed by atoms with van der Waals surface area (Å²) in [6.07, 6.45) is 8.88. The molecule has 196 valence electrons. The molecule has 0 aliphatic rings. The summed E-state index contributed by atoms with van der Waals surface area (Å²) in [4.78, 5) is 12.4. The van der Waals surface area contributed by atoms with Crippen LogP contribution in [0, 0.1) is 0 Å². The van der Waals surface area contributed by atoms with Gasteiger partial charge in [0.1, 0.15) is 25.0 Å². The average molecular weight is 620 g/mol. The molecular weight excluding hydrogens is 591 g/mol. The Morgan fingerprint density at radius 1 is 1.19 bits per heavy atom. The lowest BCUT2D eigenvalue weighted by Crippen LogP contribution is -2.35. The summed E-state index contributed by atoms with van der Waals surface area (Å²) < 4.78 is 38.4. The van der Waals surface area contributed by atoms with Gasteiger partial charge in [-0.1, -0.05) is 70.7 Å². The first kappa shape index (κ1) is 30.5. The summed E-state index contributed by atoms with van der Waals surface area (Å²) in [6, 6.07) is 13.0. The number of ether oxygens (including phenoxy) is 1. The van der Waals surface area contributed by atoms with Gasteiger partial charge in [-0.2, -0.15) is 0 Å². The molecule has 1 aromatic heterocycles. The fraction of sp³-hybridized carbons (Fsp3) is 0.360. The zero-order chi connectivity index (χ0) is 26.7. The largest absolute Gasteiger partial charge is 0.748 e. The van der Waals surface area contributed by atoms with E-state index < -0.39 is 10.1 Å². The van der Waals surface area contributed by atoms with Crippen molar-refractivity contribution in [2.75, 3.05) is 12.9 Å². The van der Waals surface area contributed by atoms with E-state index in [0.717, 1.165) is 28.4 Å². The minimum Gasteiger partial charge on any atom is -0.748 e. The third-order valence-corrected chi connectivity index (χ3v) is 6.10. The summed E-state index contributed by atoms with van der Waals surface area (Å²) in [7, 11) is -3.92. The molecular formula is C25H29BrCl2N2O5S. The molecule has 1 heterocycles. The molecule has 0 fully saturated rings. The molecule has 0 N–H and O–H groups in total. The van der Waals surface area contributed by atoms with Gasteiger partial charge in [0, 0.05) is 44.9 Å². The molecule has 1 atom stereocenters. The second kappa shape index (κ2) is 14.9. The fourth-order valence-electron chi connectivity index (χ4n) is 3.25. The van der Waals surface area contributed by atoms with Crippen molar-refractivity contribution < 1.29 is 27.1 Å². The number of carbonyl (C=O) groups excluding carboxylic acids is 1. The van der Waals surface area contributed by atoms with Gasteiger partial charge in [0.2, 0.25) is 6.33 Å². The first-order valence-electron chi connectivity index (χ1n) is 11.3. The van der Waals surface area contributed by atoms with Gasteiger partial charge in [-0.25, -0.2) is 17.6 Å². The Morgan fingerprint density at radius 3 is 2.47 bits per heavy atom. The van der Waals surface area contributed by atoms with Crippen LogP contribution in [0.15, 0.2) is 65.7 Å². The van der Waals surface area contributed by atoms with Gasteiger partial charge < -0.3 is 9.29 Å². The highest BCUT2D eigenvalue weighted by atomic mass is 79.9. The van der Waals surface area contributed by atoms with Gasteiger partial charge in [0.15, 0.2) is 5.78 Å². The lowest BCUT2D eigenvalue weighted by molar-refractivity contribution is -0.704. The molecule has 7 nitrogen and oxygen atoms in total. The maximum absolute atomic E-state index is 12.4. The summed E-state index contributed by atoms with van der Waals surface area (Å²) in [5, 5.41) is 1.21. The average Bonchev–Trinajstić information content (AvgIpc) is 3.24. The molecule has 11 heteroatoms. The smallest absolute Gasteiger partial charge is 0.243 e. The van der Waals surface area contributed by atoms with Crippen LogP contribution >= 0.6 is 39.1 Å². The molecule has 0 spiro atoms. The molecule has 0 aliphatic carbocycles. The van der Waals surface area contributed by atoms with E-state index in [0.29, 0.717) is 42.4 Å². The van der Waals surface area contributed by atoms with Crippen LogP contribution < -0.4 is 4.57 Å². The molecule has 0 bridgehead atoms. The monoisotopic (exact) mass is 618 g/mol. The molecule has 0 aliphatic heterocycles. The van der Waals surface area contributed by atoms with Crippen LogP contribution in [0.25, 0.3) is 0 Å². The molecule has 1 unspecified atom stereocenters. The Balaban J connectivity index is 0.000000830. The second-order valence-corrected chi connectivity index (χ2v) is 11.3. The van der Waals surface area contributed by atoms with E-state index in [1.54, 1.807) is 6.07 Å². The number of hydrogen-bond acceptors (Lipinski definition) is 5. The van der Waals surface area contributed by atoms with Crippen molar-refractivity contribution in [2.45, 2.75) is 45.4 Å². The van der Waals surface area contributed by atoms with E-state index in [-0.39, 0.29) is 11.9 Å². The van der Waals surface area contributed by atoms with Crippen LogP contribution in [0.1, 0.15) is 48.2 Å². The van der Waals surface area contributed by atoms with Crippen LogP contribution in [0.2, 0.25) is 10.0 Å². The first-order valence-corrected chi connectivity index (χ1v) is 14.6. The van der Waals surface area contributed by atoms with E-state index >= 15 is 0 Å². The van der Waals surface area contributed by atoms with Gasteiger partial charge in [-0.15, -0.1) is 0 Å². The van der Waals surface area contributed by atoms with Crippen molar-refractivity contribution in [3.63, 3.8) is 0 Å². The van der Waals surface area contributed by atoms with Crippen LogP contribution in [-0.2, 0) is 27.9 Å². The maximum atomic E-state index is 12.4. The number of unbranched alkanes of at least 4 members (excludes halogenated alkanes) is 1. The number of carbonyl (C=O) groups is 1. The predicted octanol–water partition coefficient (Wildman–Crippen LogP) is 5.84. The van der Waals surface area contributed by atoms with Crippen LogP contribution in [0.3, 0.4) is 0 Å². The zero-order valence-electron chi connectivity index (χ0n) is 20.1. The Kier molecular flexibility index (Phi) is 12.6. The topological polar surface area (TPSA) is 92.3 Å². The fourth-order valence-corrected chi connectivity index (χ4v) is 4.05. The molecule has 3 rings (SSSR count). The molecule has 0 saturated carbocycles. The van der Waals surface area contributed by atoms with E-state index in [1.807, 2.05) is 59.7 Å². The number of imidazole rings is 1. The SMILES string of the molecule is CCCCOC(C[n+]1ccn(CCC(=O)c2ccc(Br)cc2)c1)c1ccc(Cl)cc1Cl.CS(=O)(=O)[O-]. The van der Waals surface area contributed by atoms with Crippen molar-refractivity contribution in [1.29, 1.82) is 0 Å². The minimum atomic E-state index is -3.92. The molecule has 3 aromatic rings. The van der Waals surface area contributed by atoms with E-state index in [2.05, 4.69) is 27.4 Å². The van der Waals surface area contributed by atoms with Gasteiger partial charge in [0.25, 0.3) is 0 Å². The highest BCUT2D eigenvalue weighted by molar-refractivity contribution is 9.10. The Morgan fingerprint density at radius 2 is 1.86 bits per heavy atom. The van der Waals surface area contributed by atoms with Gasteiger partial charge in [0.05, 0.1) is 16.7 Å². The summed E-state index contributed by atoms with van der Waals surface area (Å²) in [5.74, 6) is 0.126. The van der Waals surface area contributed by atoms with Crippen LogP contribution in [0.4, 0.5) is 0 Å². The quantitative estimate of drug-likeness (QED) is 0.116. The molecule has 0 amide bonds. The van der Waals surface area contributed by atoms with Gasteiger partial charge in [-0.05, 0) is 30.7 Å². The molecule has 0 saturated heterocycles. The summed E-state index contributed by atoms with van der Waals surface area (Å²) in [6.45, 7) is 4.05. The highest BCUT2D eigenvalue weighted by Crippen LogP contribution is 2.29. The molecule has 36 heavy (non-hydrogen) atoms. The molecule has 2 aromatic carbocycles. The Hall–Kier alpha value is -1.75. The number of Topliss-reactive ketones (excluding diaryl/α,β-unsaturated/α-hetero) is 1. The first-order chi connectivity index (χ1) is 17.0. The minimum absolute atomic E-state index is 0.126. The van der Waals surface area contributed by atoms with Crippen LogP contribution in [0.5, 0.6) is 0 Å². The maximum Gasteiger partial charge on any atom is 0.243 e. The number of benzene rings is 2. The number of rotatable bonds is 11. The summed E-state index contributed by atoms with van der Waals surface area (Å²) in [5.41, 5.74) is 1.65. The van der Waals surface area contributed by atoms with Gasteiger partial charge in [-0.3, -0.25) is 4.79 Å². The second-order valence-electron chi connectivity index (χ2n) is 8.11. The number of aromatic nitrogens is 2. The van der Waals surface area contributed by atoms with Crippen molar-refractivity contribution in [3.8, 4) is 0 Å². The highest BCUT2D eigenvalue weighted by Gasteiger charge is 2.20. The number of ketones is 1. The zero-order valence-corrected chi connectivity index (χ0v) is 24.0. The Labute approximate surface area is 230 Å². The van der Waals surface area contributed by atoms with Crippen molar-refractivity contribution in [2.24, 2.45) is 0 Å². The number of nitrogens with zero attached hydrogens (tertiary/aromatic N) is 2. The van der Waals surface area contributed by atoms with E-state index in [1.165, 1.54) is 0 Å². The van der Waals surface area contributed by atoms with E-state index in [9.17, 15) is 4.79 Å². The van der Waals surface area contributed by atoms with Gasteiger partial charge >= 0.3 is 0 Å². The van der Waals surface area contributed by atoms with Crippen molar-refractivity contribution >= 4 is 55.0 Å². The lowest BCUT2D eigenvalue weighted by Gasteiger charge is -2.18. The van der Waals surface area contributed by atoms with E-state index in [4.69, 9.17) is 40.9 Å². The third-order valence-electron chi connectivity index (χ3n) is 5.01. The number of aryl methyl sites for hydroxylation is 1. The third kappa shape index (κ3) is 11.5. The molecule has 0 radical (unpaired) electrons. The summed E-state index contributed by atoms with van der Waals surface area (Å²) >= 11 is 15.9. The van der Waals surface area contributed by atoms with Crippen LogP contribution in [-0.4, -0.2) is 36.2 Å². The Bertz CT molecular complexity index is 1230.